The Hall–Kier alpha value is -3.49. The van der Waals surface area contributed by atoms with Crippen molar-refractivity contribution in [3.63, 3.8) is 0 Å². The van der Waals surface area contributed by atoms with Gasteiger partial charge in [-0.1, -0.05) is 49.0 Å². The van der Waals surface area contributed by atoms with Crippen molar-refractivity contribution < 1.29 is 22.7 Å². The number of alkyl halides is 3. The minimum Gasteiger partial charge on any atom is -0.466 e. The predicted molar refractivity (Wildman–Crippen MR) is 98.6 cm³/mol. The summed E-state index contributed by atoms with van der Waals surface area (Å²) < 4.78 is 43.3. The number of halogens is 3. The molecular weight excluding hydrogens is 385 g/mol. The molecule has 0 amide bonds. The third-order valence-electron chi connectivity index (χ3n) is 4.34. The first-order chi connectivity index (χ1) is 13.8. The molecule has 0 fully saturated rings. The van der Waals surface area contributed by atoms with Crippen molar-refractivity contribution in [3.8, 4) is 11.4 Å². The first-order valence-corrected chi connectivity index (χ1v) is 8.57. The highest BCUT2D eigenvalue weighted by Crippen LogP contribution is 2.32. The minimum atomic E-state index is -4.45. The number of hydrogen-bond acceptors (Lipinski definition) is 5. The van der Waals surface area contributed by atoms with Gasteiger partial charge in [-0.2, -0.15) is 18.0 Å². The van der Waals surface area contributed by atoms with Crippen LogP contribution in [0.1, 0.15) is 17.0 Å². The quantitative estimate of drug-likeness (QED) is 0.462. The van der Waals surface area contributed by atoms with Gasteiger partial charge in [0.05, 0.1) is 19.2 Å². The number of hydrogen-bond donors (Lipinski definition) is 0. The molecule has 0 aliphatic heterocycles. The van der Waals surface area contributed by atoms with E-state index in [4.69, 9.17) is 4.74 Å². The van der Waals surface area contributed by atoms with Gasteiger partial charge in [0.2, 0.25) is 5.82 Å². The van der Waals surface area contributed by atoms with E-state index in [0.717, 1.165) is 17.7 Å². The maximum atomic E-state index is 12.8. The number of rotatable bonds is 6. The van der Waals surface area contributed by atoms with Crippen LogP contribution in [0.3, 0.4) is 0 Å². The Morgan fingerprint density at radius 3 is 2.38 bits per heavy atom. The highest BCUT2D eigenvalue weighted by atomic mass is 19.4. The van der Waals surface area contributed by atoms with Crippen molar-refractivity contribution in [3.05, 3.63) is 77.9 Å². The monoisotopic (exact) mass is 402 g/mol. The largest absolute Gasteiger partial charge is 0.466 e. The predicted octanol–water partition coefficient (Wildman–Crippen LogP) is 3.87. The SMILES string of the molecule is C=C(C(=O)OC)[C@@H](Cn1nnc(-c2ccccc2)n1)c1ccc(C(F)(F)F)cc1. The standard InChI is InChI=1S/C20H17F3N4O2/c1-13(19(28)29-2)17(14-8-10-16(11-9-14)20(21,22)23)12-27-25-18(24-26-27)15-6-4-3-5-7-15/h3-11,17H,1,12H2,2H3/t17-/m1/s1. The first kappa shape index (κ1) is 20.2. The van der Waals surface area contributed by atoms with Crippen LogP contribution in [0, 0.1) is 0 Å². The molecule has 0 bridgehead atoms. The minimum absolute atomic E-state index is 0.0547. The third kappa shape index (κ3) is 4.68. The van der Waals surface area contributed by atoms with E-state index >= 15 is 0 Å². The molecule has 0 saturated heterocycles. The van der Waals surface area contributed by atoms with Crippen LogP contribution >= 0.6 is 0 Å². The number of carbonyl (C=O) groups excluding carboxylic acids is 1. The lowest BCUT2D eigenvalue weighted by Crippen LogP contribution is -2.19. The number of tetrazole rings is 1. The Labute approximate surface area is 164 Å². The van der Waals surface area contributed by atoms with Gasteiger partial charge in [-0.05, 0) is 22.9 Å². The molecular formula is C20H17F3N4O2. The highest BCUT2D eigenvalue weighted by molar-refractivity contribution is 5.89. The zero-order valence-electron chi connectivity index (χ0n) is 15.4. The molecule has 29 heavy (non-hydrogen) atoms. The normalized spacial score (nSPS) is 12.4. The van der Waals surface area contributed by atoms with Crippen LogP contribution in [0.4, 0.5) is 13.2 Å². The van der Waals surface area contributed by atoms with Gasteiger partial charge in [0.1, 0.15) is 0 Å². The third-order valence-corrected chi connectivity index (χ3v) is 4.34. The average Bonchev–Trinajstić information content (AvgIpc) is 3.20. The van der Waals surface area contributed by atoms with E-state index in [-0.39, 0.29) is 12.1 Å². The summed E-state index contributed by atoms with van der Waals surface area (Å²) in [5, 5.41) is 12.3. The molecule has 0 radical (unpaired) electrons. The Bertz CT molecular complexity index is 999. The topological polar surface area (TPSA) is 69.9 Å². The molecule has 6 nitrogen and oxygen atoms in total. The number of esters is 1. The second kappa shape index (κ2) is 8.26. The molecule has 1 atom stereocenters. The van der Waals surface area contributed by atoms with Crippen molar-refractivity contribution in [2.75, 3.05) is 7.11 Å². The summed E-state index contributed by atoms with van der Waals surface area (Å²) in [7, 11) is 1.21. The molecule has 0 N–H and O–H groups in total. The van der Waals surface area contributed by atoms with Crippen LogP contribution in [-0.2, 0) is 22.3 Å². The van der Waals surface area contributed by atoms with Crippen LogP contribution in [0.5, 0.6) is 0 Å². The first-order valence-electron chi connectivity index (χ1n) is 8.57. The van der Waals surface area contributed by atoms with Crippen molar-refractivity contribution >= 4 is 5.97 Å². The van der Waals surface area contributed by atoms with Crippen molar-refractivity contribution in [2.45, 2.75) is 18.6 Å². The number of nitrogens with zero attached hydrogens (tertiary/aromatic N) is 4. The second-order valence-corrected chi connectivity index (χ2v) is 6.22. The maximum Gasteiger partial charge on any atom is 0.416 e. The number of carbonyl (C=O) groups is 1. The lowest BCUT2D eigenvalue weighted by Gasteiger charge is -2.18. The Kier molecular flexibility index (Phi) is 5.76. The smallest absolute Gasteiger partial charge is 0.416 e. The summed E-state index contributed by atoms with van der Waals surface area (Å²) >= 11 is 0. The van der Waals surface area contributed by atoms with Gasteiger partial charge < -0.3 is 4.74 Å². The van der Waals surface area contributed by atoms with E-state index in [1.807, 2.05) is 30.3 Å². The fourth-order valence-corrected chi connectivity index (χ4v) is 2.78. The molecule has 0 spiro atoms. The summed E-state index contributed by atoms with van der Waals surface area (Å²) in [5.74, 6) is -0.971. The average molecular weight is 402 g/mol. The lowest BCUT2D eigenvalue weighted by molar-refractivity contribution is -0.138. The summed E-state index contributed by atoms with van der Waals surface area (Å²) in [5.41, 5.74) is 0.503. The van der Waals surface area contributed by atoms with Crippen molar-refractivity contribution in [1.29, 1.82) is 0 Å². The Morgan fingerprint density at radius 2 is 1.79 bits per heavy atom. The number of ether oxygens (including phenoxy) is 1. The van der Waals surface area contributed by atoms with E-state index in [9.17, 15) is 18.0 Å². The van der Waals surface area contributed by atoms with Crippen LogP contribution in [-0.4, -0.2) is 33.3 Å². The van der Waals surface area contributed by atoms with Crippen LogP contribution in [0.25, 0.3) is 11.4 Å². The molecule has 0 aliphatic carbocycles. The molecule has 0 saturated carbocycles. The van der Waals surface area contributed by atoms with Gasteiger partial charge in [-0.15, -0.1) is 10.2 Å². The molecule has 0 unspecified atom stereocenters. The zero-order valence-corrected chi connectivity index (χ0v) is 15.4. The summed E-state index contributed by atoms with van der Waals surface area (Å²) in [6.07, 6.45) is -4.45. The molecule has 1 aromatic heterocycles. The number of methoxy groups -OCH3 is 1. The van der Waals surface area contributed by atoms with Gasteiger partial charge in [0.15, 0.2) is 0 Å². The Morgan fingerprint density at radius 1 is 1.14 bits per heavy atom. The van der Waals surface area contributed by atoms with Gasteiger partial charge >= 0.3 is 12.1 Å². The van der Waals surface area contributed by atoms with Gasteiger partial charge in [0, 0.05) is 17.1 Å². The van der Waals surface area contributed by atoms with Crippen LogP contribution in [0.2, 0.25) is 0 Å². The second-order valence-electron chi connectivity index (χ2n) is 6.22. The fraction of sp³-hybridized carbons (Fsp3) is 0.200. The van der Waals surface area contributed by atoms with E-state index in [2.05, 4.69) is 22.0 Å². The molecule has 2 aromatic carbocycles. The van der Waals surface area contributed by atoms with E-state index < -0.39 is 23.6 Å². The molecule has 9 heteroatoms. The van der Waals surface area contributed by atoms with Gasteiger partial charge in [0.25, 0.3) is 0 Å². The highest BCUT2D eigenvalue weighted by Gasteiger charge is 2.31. The lowest BCUT2D eigenvalue weighted by atomic mass is 9.91. The van der Waals surface area contributed by atoms with Gasteiger partial charge in [-0.25, -0.2) is 4.79 Å². The van der Waals surface area contributed by atoms with Gasteiger partial charge in [-0.3, -0.25) is 0 Å². The molecule has 3 aromatic rings. The zero-order chi connectivity index (χ0) is 21.0. The Balaban J connectivity index is 1.90. The summed E-state index contributed by atoms with van der Waals surface area (Å²) in [4.78, 5) is 13.3. The van der Waals surface area contributed by atoms with E-state index in [0.29, 0.717) is 11.4 Å². The fourth-order valence-electron chi connectivity index (χ4n) is 2.78. The van der Waals surface area contributed by atoms with Crippen LogP contribution in [0.15, 0.2) is 66.7 Å². The summed E-state index contributed by atoms with van der Waals surface area (Å²) in [6.45, 7) is 3.80. The van der Waals surface area contributed by atoms with E-state index in [1.165, 1.54) is 24.0 Å². The summed E-state index contributed by atoms with van der Waals surface area (Å²) in [6, 6.07) is 13.7. The van der Waals surface area contributed by atoms with Crippen molar-refractivity contribution in [1.82, 2.24) is 20.2 Å². The maximum absolute atomic E-state index is 12.8. The number of benzene rings is 2. The van der Waals surface area contributed by atoms with Crippen LogP contribution < -0.4 is 0 Å². The number of aromatic nitrogens is 4. The van der Waals surface area contributed by atoms with Crippen molar-refractivity contribution in [2.24, 2.45) is 0 Å². The molecule has 0 aliphatic rings. The molecule has 3 rings (SSSR count). The van der Waals surface area contributed by atoms with E-state index in [1.54, 1.807) is 0 Å². The molecule has 1 heterocycles. The molecule has 150 valence electrons.